The minimum absolute atomic E-state index is 0.0695. The van der Waals surface area contributed by atoms with Crippen LogP contribution in [0.1, 0.15) is 10.5 Å². The normalized spacial score (nSPS) is 10.6. The van der Waals surface area contributed by atoms with Gasteiger partial charge in [-0.05, 0) is 30.3 Å². The SMILES string of the molecule is NC(=O)c1nc(Cl)c2cc(Oc3ccccc3)ccc2c1O. The molecule has 0 aliphatic rings. The Kier molecular flexibility index (Phi) is 3.56. The van der Waals surface area contributed by atoms with Crippen LogP contribution in [0.4, 0.5) is 0 Å². The Morgan fingerprint density at radius 2 is 1.82 bits per heavy atom. The summed E-state index contributed by atoms with van der Waals surface area (Å²) in [5, 5.41) is 11.0. The van der Waals surface area contributed by atoms with Gasteiger partial charge in [0.2, 0.25) is 0 Å². The van der Waals surface area contributed by atoms with Crippen LogP contribution in [0.15, 0.2) is 48.5 Å². The first kappa shape index (κ1) is 14.2. The summed E-state index contributed by atoms with van der Waals surface area (Å²) < 4.78 is 5.70. The van der Waals surface area contributed by atoms with E-state index in [0.29, 0.717) is 22.3 Å². The Morgan fingerprint density at radius 1 is 1.09 bits per heavy atom. The van der Waals surface area contributed by atoms with Crippen molar-refractivity contribution < 1.29 is 14.6 Å². The van der Waals surface area contributed by atoms with Gasteiger partial charge >= 0.3 is 0 Å². The number of rotatable bonds is 3. The summed E-state index contributed by atoms with van der Waals surface area (Å²) in [7, 11) is 0. The molecule has 0 radical (unpaired) electrons. The molecule has 110 valence electrons. The summed E-state index contributed by atoms with van der Waals surface area (Å²) in [6.45, 7) is 0. The molecule has 0 unspecified atom stereocenters. The van der Waals surface area contributed by atoms with Crippen LogP contribution in [0.25, 0.3) is 10.8 Å². The number of fused-ring (bicyclic) bond motifs is 1. The molecule has 5 nitrogen and oxygen atoms in total. The van der Waals surface area contributed by atoms with E-state index in [2.05, 4.69) is 4.98 Å². The van der Waals surface area contributed by atoms with Crippen LogP contribution in [0.3, 0.4) is 0 Å². The second-order valence-corrected chi connectivity index (χ2v) is 4.94. The van der Waals surface area contributed by atoms with Crippen LogP contribution in [0.5, 0.6) is 17.2 Å². The summed E-state index contributed by atoms with van der Waals surface area (Å²) in [6, 6.07) is 14.1. The molecular formula is C16H11ClN2O3. The van der Waals surface area contributed by atoms with E-state index >= 15 is 0 Å². The lowest BCUT2D eigenvalue weighted by molar-refractivity contribution is 0.0993. The number of aromatic nitrogens is 1. The van der Waals surface area contributed by atoms with E-state index in [9.17, 15) is 9.90 Å². The molecule has 1 aromatic heterocycles. The van der Waals surface area contributed by atoms with Gasteiger partial charge in [-0.3, -0.25) is 4.79 Å². The van der Waals surface area contributed by atoms with Crippen molar-refractivity contribution in [2.24, 2.45) is 5.73 Å². The zero-order chi connectivity index (χ0) is 15.7. The van der Waals surface area contributed by atoms with E-state index in [0.717, 1.165) is 0 Å². The lowest BCUT2D eigenvalue weighted by Crippen LogP contribution is -2.13. The largest absolute Gasteiger partial charge is 0.505 e. The molecule has 2 aromatic carbocycles. The minimum Gasteiger partial charge on any atom is -0.505 e. The number of nitrogens with zero attached hydrogens (tertiary/aromatic N) is 1. The fourth-order valence-corrected chi connectivity index (χ4v) is 2.34. The first-order chi connectivity index (χ1) is 10.6. The number of hydrogen-bond acceptors (Lipinski definition) is 4. The fourth-order valence-electron chi connectivity index (χ4n) is 2.10. The van der Waals surface area contributed by atoms with Crippen molar-refractivity contribution in [3.63, 3.8) is 0 Å². The quantitative estimate of drug-likeness (QED) is 0.725. The van der Waals surface area contributed by atoms with E-state index in [-0.39, 0.29) is 16.6 Å². The number of para-hydroxylation sites is 1. The van der Waals surface area contributed by atoms with Gasteiger partial charge in [-0.1, -0.05) is 29.8 Å². The molecule has 0 bridgehead atoms. The van der Waals surface area contributed by atoms with Crippen LogP contribution in [-0.4, -0.2) is 16.0 Å². The van der Waals surface area contributed by atoms with Crippen LogP contribution in [0.2, 0.25) is 5.15 Å². The molecule has 1 amide bonds. The van der Waals surface area contributed by atoms with Gasteiger partial charge < -0.3 is 15.6 Å². The maximum atomic E-state index is 11.2. The summed E-state index contributed by atoms with van der Waals surface area (Å²) in [6.07, 6.45) is 0. The highest BCUT2D eigenvalue weighted by Crippen LogP contribution is 2.35. The number of ether oxygens (including phenoxy) is 1. The summed E-state index contributed by atoms with van der Waals surface area (Å²) >= 11 is 6.07. The minimum atomic E-state index is -0.842. The lowest BCUT2D eigenvalue weighted by Gasteiger charge is -2.10. The lowest BCUT2D eigenvalue weighted by atomic mass is 10.1. The average Bonchev–Trinajstić information content (AvgIpc) is 2.51. The highest BCUT2D eigenvalue weighted by atomic mass is 35.5. The van der Waals surface area contributed by atoms with Crippen molar-refractivity contribution in [1.82, 2.24) is 4.98 Å². The van der Waals surface area contributed by atoms with Crippen LogP contribution in [-0.2, 0) is 0 Å². The second-order valence-electron chi connectivity index (χ2n) is 4.59. The Balaban J connectivity index is 2.09. The van der Waals surface area contributed by atoms with Crippen LogP contribution >= 0.6 is 11.6 Å². The maximum absolute atomic E-state index is 11.2. The van der Waals surface area contributed by atoms with Gasteiger partial charge in [0.15, 0.2) is 11.4 Å². The number of carbonyl (C=O) groups excluding carboxylic acids is 1. The van der Waals surface area contributed by atoms with E-state index in [4.69, 9.17) is 22.1 Å². The van der Waals surface area contributed by atoms with Gasteiger partial charge in [0.1, 0.15) is 16.7 Å². The molecule has 0 saturated carbocycles. The monoisotopic (exact) mass is 314 g/mol. The molecular weight excluding hydrogens is 304 g/mol. The van der Waals surface area contributed by atoms with Crippen molar-refractivity contribution in [3.8, 4) is 17.2 Å². The third-order valence-electron chi connectivity index (χ3n) is 3.11. The fraction of sp³-hybridized carbons (Fsp3) is 0. The number of aromatic hydroxyl groups is 1. The van der Waals surface area contributed by atoms with E-state index in [1.165, 1.54) is 0 Å². The number of hydrogen-bond donors (Lipinski definition) is 2. The number of benzene rings is 2. The van der Waals surface area contributed by atoms with E-state index < -0.39 is 5.91 Å². The van der Waals surface area contributed by atoms with Gasteiger partial charge in [-0.2, -0.15) is 0 Å². The molecule has 0 aliphatic carbocycles. The Morgan fingerprint density at radius 3 is 2.50 bits per heavy atom. The summed E-state index contributed by atoms with van der Waals surface area (Å²) in [5.74, 6) is 0.0709. The van der Waals surface area contributed by atoms with Crippen molar-refractivity contribution in [2.45, 2.75) is 0 Å². The zero-order valence-electron chi connectivity index (χ0n) is 11.3. The van der Waals surface area contributed by atoms with Crippen molar-refractivity contribution in [1.29, 1.82) is 0 Å². The molecule has 6 heteroatoms. The number of halogens is 1. The number of primary amides is 1. The third-order valence-corrected chi connectivity index (χ3v) is 3.40. The number of amides is 1. The van der Waals surface area contributed by atoms with Crippen LogP contribution in [0, 0.1) is 0 Å². The molecule has 0 fully saturated rings. The highest BCUT2D eigenvalue weighted by Gasteiger charge is 2.16. The predicted octanol–water partition coefficient (Wildman–Crippen LogP) is 3.49. The van der Waals surface area contributed by atoms with Gasteiger partial charge in [-0.25, -0.2) is 4.98 Å². The smallest absolute Gasteiger partial charge is 0.271 e. The first-order valence-corrected chi connectivity index (χ1v) is 6.79. The van der Waals surface area contributed by atoms with Gasteiger partial charge in [0.05, 0.1) is 0 Å². The van der Waals surface area contributed by atoms with Crippen LogP contribution < -0.4 is 10.5 Å². The molecule has 3 rings (SSSR count). The molecule has 0 spiro atoms. The second kappa shape index (κ2) is 5.54. The maximum Gasteiger partial charge on any atom is 0.271 e. The molecule has 3 N–H and O–H groups in total. The van der Waals surface area contributed by atoms with Crippen molar-refractivity contribution in [2.75, 3.05) is 0 Å². The van der Waals surface area contributed by atoms with Gasteiger partial charge in [0, 0.05) is 10.8 Å². The number of carbonyl (C=O) groups is 1. The topological polar surface area (TPSA) is 85.4 Å². The molecule has 0 atom stereocenters. The van der Waals surface area contributed by atoms with Crippen molar-refractivity contribution in [3.05, 3.63) is 59.4 Å². The molecule has 0 aliphatic heterocycles. The average molecular weight is 315 g/mol. The highest BCUT2D eigenvalue weighted by molar-refractivity contribution is 6.35. The Labute approximate surface area is 130 Å². The molecule has 1 heterocycles. The summed E-state index contributed by atoms with van der Waals surface area (Å²) in [5.41, 5.74) is 4.91. The summed E-state index contributed by atoms with van der Waals surface area (Å²) in [4.78, 5) is 15.1. The third kappa shape index (κ3) is 2.54. The number of nitrogens with two attached hydrogens (primary N) is 1. The number of pyridine rings is 1. The Bertz CT molecular complexity index is 866. The first-order valence-electron chi connectivity index (χ1n) is 6.41. The zero-order valence-corrected chi connectivity index (χ0v) is 12.0. The Hall–Kier alpha value is -2.79. The van der Waals surface area contributed by atoms with E-state index in [1.54, 1.807) is 18.2 Å². The molecule has 22 heavy (non-hydrogen) atoms. The molecule has 0 saturated heterocycles. The molecule has 3 aromatic rings. The standard InChI is InChI=1S/C16H11ClN2O3/c17-15-12-8-10(22-9-4-2-1-3-5-9)6-7-11(12)14(20)13(19-15)16(18)21/h1-8,20H,(H2,18,21). The van der Waals surface area contributed by atoms with Crippen molar-refractivity contribution >= 4 is 28.3 Å². The van der Waals surface area contributed by atoms with Gasteiger partial charge in [0.25, 0.3) is 5.91 Å². The van der Waals surface area contributed by atoms with E-state index in [1.807, 2.05) is 30.3 Å². The van der Waals surface area contributed by atoms with Gasteiger partial charge in [-0.15, -0.1) is 0 Å². The predicted molar refractivity (Wildman–Crippen MR) is 83.5 cm³/mol.